The molecule has 2 unspecified atom stereocenters. The third-order valence-corrected chi connectivity index (χ3v) is 4.16. The second-order valence-corrected chi connectivity index (χ2v) is 5.11. The maximum absolute atomic E-state index is 8.95. The normalized spacial score (nSPS) is 27.6. The van der Waals surface area contributed by atoms with Crippen molar-refractivity contribution in [3.05, 3.63) is 23.9 Å². The van der Waals surface area contributed by atoms with Gasteiger partial charge in [-0.15, -0.1) is 0 Å². The van der Waals surface area contributed by atoms with E-state index in [0.29, 0.717) is 6.04 Å². The van der Waals surface area contributed by atoms with Gasteiger partial charge >= 0.3 is 0 Å². The monoisotopic (exact) mass is 227 g/mol. The zero-order chi connectivity index (χ0) is 11.7. The van der Waals surface area contributed by atoms with Crippen molar-refractivity contribution in [2.75, 3.05) is 11.4 Å². The molecule has 0 bridgehead atoms. The first-order valence-corrected chi connectivity index (χ1v) is 6.51. The highest BCUT2D eigenvalue weighted by Gasteiger charge is 2.35. The molecule has 1 aromatic rings. The zero-order valence-electron chi connectivity index (χ0n) is 9.97. The maximum atomic E-state index is 8.95. The van der Waals surface area contributed by atoms with Crippen molar-refractivity contribution in [2.45, 2.75) is 38.1 Å². The van der Waals surface area contributed by atoms with Crippen LogP contribution in [0, 0.1) is 17.2 Å². The Bertz CT molecular complexity index is 449. The lowest BCUT2D eigenvalue weighted by Crippen LogP contribution is -2.43. The van der Waals surface area contributed by atoms with E-state index in [1.165, 1.54) is 32.1 Å². The number of nitriles is 1. The van der Waals surface area contributed by atoms with Gasteiger partial charge in [-0.2, -0.15) is 5.26 Å². The van der Waals surface area contributed by atoms with Crippen LogP contribution in [0.5, 0.6) is 0 Å². The Balaban J connectivity index is 1.89. The summed E-state index contributed by atoms with van der Waals surface area (Å²) in [6.45, 7) is 1.10. The average Bonchev–Trinajstić information content (AvgIpc) is 2.87. The van der Waals surface area contributed by atoms with E-state index >= 15 is 0 Å². The van der Waals surface area contributed by atoms with Crippen molar-refractivity contribution in [1.82, 2.24) is 4.98 Å². The SMILES string of the molecule is N#Cc1ccnc(N2CCCC3CCCC32)c1. The van der Waals surface area contributed by atoms with Gasteiger partial charge in [-0.25, -0.2) is 4.98 Å². The molecule has 2 atom stereocenters. The van der Waals surface area contributed by atoms with Crippen LogP contribution in [0.3, 0.4) is 0 Å². The van der Waals surface area contributed by atoms with E-state index in [2.05, 4.69) is 16.0 Å². The predicted octanol–water partition coefficient (Wildman–Crippen LogP) is 2.72. The molecule has 0 spiro atoms. The van der Waals surface area contributed by atoms with Gasteiger partial charge in [0.05, 0.1) is 11.6 Å². The van der Waals surface area contributed by atoms with E-state index in [-0.39, 0.29) is 0 Å². The number of aromatic nitrogens is 1. The van der Waals surface area contributed by atoms with Gasteiger partial charge in [0.25, 0.3) is 0 Å². The number of pyridine rings is 1. The van der Waals surface area contributed by atoms with E-state index in [0.717, 1.165) is 23.8 Å². The summed E-state index contributed by atoms with van der Waals surface area (Å²) in [7, 11) is 0. The van der Waals surface area contributed by atoms with Crippen LogP contribution >= 0.6 is 0 Å². The molecule has 1 saturated heterocycles. The van der Waals surface area contributed by atoms with Gasteiger partial charge in [-0.3, -0.25) is 0 Å². The van der Waals surface area contributed by atoms with Gasteiger partial charge in [0, 0.05) is 18.8 Å². The molecular weight excluding hydrogens is 210 g/mol. The summed E-state index contributed by atoms with van der Waals surface area (Å²) in [5.41, 5.74) is 0.718. The average molecular weight is 227 g/mol. The minimum atomic E-state index is 0.671. The van der Waals surface area contributed by atoms with Crippen LogP contribution in [0.2, 0.25) is 0 Å². The van der Waals surface area contributed by atoms with Gasteiger partial charge < -0.3 is 4.90 Å². The molecule has 2 heterocycles. The summed E-state index contributed by atoms with van der Waals surface area (Å²) in [5.74, 6) is 1.86. The first-order valence-electron chi connectivity index (χ1n) is 6.51. The third kappa shape index (κ3) is 1.88. The van der Waals surface area contributed by atoms with Crippen LogP contribution < -0.4 is 4.90 Å². The summed E-state index contributed by atoms with van der Waals surface area (Å²) in [6, 6.07) is 6.58. The van der Waals surface area contributed by atoms with Crippen molar-refractivity contribution in [2.24, 2.45) is 5.92 Å². The topological polar surface area (TPSA) is 39.9 Å². The lowest BCUT2D eigenvalue weighted by atomic mass is 9.92. The van der Waals surface area contributed by atoms with Gasteiger partial charge in [-0.1, -0.05) is 6.42 Å². The van der Waals surface area contributed by atoms with Gasteiger partial charge in [0.15, 0.2) is 0 Å². The van der Waals surface area contributed by atoms with Crippen LogP contribution in [-0.2, 0) is 0 Å². The predicted molar refractivity (Wildman–Crippen MR) is 66.7 cm³/mol. The fourth-order valence-corrected chi connectivity index (χ4v) is 3.38. The summed E-state index contributed by atoms with van der Waals surface area (Å²) in [5, 5.41) is 8.95. The van der Waals surface area contributed by atoms with Crippen molar-refractivity contribution < 1.29 is 0 Å². The van der Waals surface area contributed by atoms with Crippen LogP contribution in [0.15, 0.2) is 18.3 Å². The molecule has 1 aromatic heterocycles. The number of piperidine rings is 1. The summed E-state index contributed by atoms with van der Waals surface area (Å²) in [6.07, 6.45) is 8.41. The zero-order valence-corrected chi connectivity index (χ0v) is 9.97. The number of nitrogens with zero attached hydrogens (tertiary/aromatic N) is 3. The Morgan fingerprint density at radius 2 is 2.18 bits per heavy atom. The standard InChI is InChI=1S/C14H17N3/c15-10-11-6-7-16-14(9-11)17-8-2-4-12-3-1-5-13(12)17/h6-7,9,12-13H,1-5,8H2. The van der Waals surface area contributed by atoms with E-state index in [1.807, 2.05) is 6.07 Å². The molecule has 0 N–H and O–H groups in total. The quantitative estimate of drug-likeness (QED) is 0.740. The Kier molecular flexibility index (Phi) is 2.72. The largest absolute Gasteiger partial charge is 0.353 e. The lowest BCUT2D eigenvalue weighted by molar-refractivity contribution is 0.360. The Morgan fingerprint density at radius 1 is 1.29 bits per heavy atom. The van der Waals surface area contributed by atoms with Crippen molar-refractivity contribution >= 4 is 5.82 Å². The molecule has 2 fully saturated rings. The Morgan fingerprint density at radius 3 is 3.06 bits per heavy atom. The molecule has 0 aromatic carbocycles. The molecular formula is C14H17N3. The fourth-order valence-electron chi connectivity index (χ4n) is 3.38. The van der Waals surface area contributed by atoms with Crippen LogP contribution in [0.1, 0.15) is 37.7 Å². The van der Waals surface area contributed by atoms with E-state index in [9.17, 15) is 0 Å². The van der Waals surface area contributed by atoms with Crippen molar-refractivity contribution in [3.8, 4) is 6.07 Å². The number of anilines is 1. The molecule has 1 saturated carbocycles. The number of hydrogen-bond acceptors (Lipinski definition) is 3. The first-order chi connectivity index (χ1) is 8.38. The van der Waals surface area contributed by atoms with E-state index < -0.39 is 0 Å². The summed E-state index contributed by atoms with van der Waals surface area (Å²) >= 11 is 0. The fraction of sp³-hybridized carbons (Fsp3) is 0.571. The van der Waals surface area contributed by atoms with Gasteiger partial charge in [-0.05, 0) is 43.7 Å². The molecule has 3 nitrogen and oxygen atoms in total. The van der Waals surface area contributed by atoms with Crippen molar-refractivity contribution in [1.29, 1.82) is 5.26 Å². The smallest absolute Gasteiger partial charge is 0.130 e. The minimum Gasteiger partial charge on any atom is -0.353 e. The number of fused-ring (bicyclic) bond motifs is 1. The van der Waals surface area contributed by atoms with Crippen LogP contribution in [0.4, 0.5) is 5.82 Å². The summed E-state index contributed by atoms with van der Waals surface area (Å²) in [4.78, 5) is 6.88. The molecule has 2 aliphatic rings. The highest BCUT2D eigenvalue weighted by atomic mass is 15.2. The maximum Gasteiger partial charge on any atom is 0.130 e. The molecule has 17 heavy (non-hydrogen) atoms. The molecule has 1 aliphatic heterocycles. The Labute approximate surface area is 102 Å². The molecule has 88 valence electrons. The molecule has 1 aliphatic carbocycles. The minimum absolute atomic E-state index is 0.671. The lowest BCUT2D eigenvalue weighted by Gasteiger charge is -2.38. The molecule has 0 amide bonds. The Hall–Kier alpha value is -1.56. The van der Waals surface area contributed by atoms with E-state index in [1.54, 1.807) is 12.3 Å². The molecule has 3 rings (SSSR count). The molecule has 0 radical (unpaired) electrons. The van der Waals surface area contributed by atoms with Gasteiger partial charge in [0.2, 0.25) is 0 Å². The summed E-state index contributed by atoms with van der Waals surface area (Å²) < 4.78 is 0. The van der Waals surface area contributed by atoms with Crippen molar-refractivity contribution in [3.63, 3.8) is 0 Å². The number of hydrogen-bond donors (Lipinski definition) is 0. The molecule has 3 heteroatoms. The van der Waals surface area contributed by atoms with Crippen LogP contribution in [0.25, 0.3) is 0 Å². The third-order valence-electron chi connectivity index (χ3n) is 4.16. The van der Waals surface area contributed by atoms with E-state index in [4.69, 9.17) is 5.26 Å². The second kappa shape index (κ2) is 4.37. The highest BCUT2D eigenvalue weighted by Crippen LogP contribution is 2.38. The first kappa shape index (κ1) is 10.6. The van der Waals surface area contributed by atoms with Gasteiger partial charge in [0.1, 0.15) is 5.82 Å². The highest BCUT2D eigenvalue weighted by molar-refractivity contribution is 5.46. The second-order valence-electron chi connectivity index (χ2n) is 5.11. The van der Waals surface area contributed by atoms with Crippen LogP contribution in [-0.4, -0.2) is 17.6 Å². The number of rotatable bonds is 1.